The number of halogens is 1. The molecular formula is C15H23BrO. The van der Waals surface area contributed by atoms with Crippen LogP contribution >= 0.6 is 15.9 Å². The standard InChI is InChI=1S/C15H23BrO/c1-13(2,3)15(16,14(4,5)6)11-9-7-8-10-12(11)17/h7-10,17H,1-6H3. The number of hydrogen-bond donors (Lipinski definition) is 1. The van der Waals surface area contributed by atoms with Gasteiger partial charge >= 0.3 is 0 Å². The Balaban J connectivity index is 3.53. The van der Waals surface area contributed by atoms with Gasteiger partial charge in [0.15, 0.2) is 0 Å². The van der Waals surface area contributed by atoms with Gasteiger partial charge in [-0.15, -0.1) is 0 Å². The average Bonchev–Trinajstić information content (AvgIpc) is 2.13. The highest BCUT2D eigenvalue weighted by molar-refractivity contribution is 9.09. The first kappa shape index (κ1) is 14.6. The van der Waals surface area contributed by atoms with Gasteiger partial charge in [-0.3, -0.25) is 0 Å². The first-order valence-electron chi connectivity index (χ1n) is 5.99. The van der Waals surface area contributed by atoms with Crippen LogP contribution in [0.3, 0.4) is 0 Å². The zero-order chi connectivity index (χ0) is 13.5. The SMILES string of the molecule is CC(C)(C)C(Br)(c1ccccc1O)C(C)(C)C. The summed E-state index contributed by atoms with van der Waals surface area (Å²) in [7, 11) is 0. The van der Waals surface area contributed by atoms with E-state index < -0.39 is 0 Å². The van der Waals surface area contributed by atoms with E-state index in [2.05, 4.69) is 57.5 Å². The van der Waals surface area contributed by atoms with Gasteiger partial charge in [-0.1, -0.05) is 75.7 Å². The van der Waals surface area contributed by atoms with Crippen LogP contribution in [-0.2, 0) is 4.32 Å². The summed E-state index contributed by atoms with van der Waals surface area (Å²) in [4.78, 5) is 0. The van der Waals surface area contributed by atoms with Crippen molar-refractivity contribution in [2.75, 3.05) is 0 Å². The number of benzene rings is 1. The second-order valence-corrected chi connectivity index (χ2v) is 7.87. The van der Waals surface area contributed by atoms with E-state index in [1.807, 2.05) is 18.2 Å². The molecule has 1 nitrogen and oxygen atoms in total. The van der Waals surface area contributed by atoms with Gasteiger partial charge in [0, 0.05) is 5.56 Å². The third-order valence-corrected chi connectivity index (χ3v) is 6.15. The smallest absolute Gasteiger partial charge is 0.120 e. The topological polar surface area (TPSA) is 20.2 Å². The van der Waals surface area contributed by atoms with Crippen LogP contribution in [-0.4, -0.2) is 5.11 Å². The molecule has 1 aromatic rings. The van der Waals surface area contributed by atoms with E-state index in [4.69, 9.17) is 0 Å². The van der Waals surface area contributed by atoms with Crippen molar-refractivity contribution in [1.82, 2.24) is 0 Å². The van der Waals surface area contributed by atoms with Gasteiger partial charge < -0.3 is 5.11 Å². The molecule has 0 aliphatic heterocycles. The van der Waals surface area contributed by atoms with E-state index in [1.54, 1.807) is 6.07 Å². The summed E-state index contributed by atoms with van der Waals surface area (Å²) in [6.45, 7) is 13.2. The largest absolute Gasteiger partial charge is 0.508 e. The highest BCUT2D eigenvalue weighted by atomic mass is 79.9. The molecule has 0 aliphatic carbocycles. The van der Waals surface area contributed by atoms with Crippen molar-refractivity contribution in [2.24, 2.45) is 10.8 Å². The summed E-state index contributed by atoms with van der Waals surface area (Å²) in [6.07, 6.45) is 0. The van der Waals surface area contributed by atoms with Crippen molar-refractivity contribution >= 4 is 15.9 Å². The van der Waals surface area contributed by atoms with Gasteiger partial charge in [0.2, 0.25) is 0 Å². The molecule has 1 aromatic carbocycles. The van der Waals surface area contributed by atoms with Crippen molar-refractivity contribution < 1.29 is 5.11 Å². The molecule has 0 fully saturated rings. The Morgan fingerprint density at radius 2 is 1.29 bits per heavy atom. The second kappa shape index (κ2) is 4.31. The average molecular weight is 299 g/mol. The number of phenolic OH excluding ortho intramolecular Hbond substituents is 1. The molecule has 96 valence electrons. The van der Waals surface area contributed by atoms with Gasteiger partial charge in [0.1, 0.15) is 5.75 Å². The fraction of sp³-hybridized carbons (Fsp3) is 0.600. The van der Waals surface area contributed by atoms with Gasteiger partial charge in [-0.25, -0.2) is 0 Å². The molecular weight excluding hydrogens is 276 g/mol. The predicted octanol–water partition coefficient (Wildman–Crippen LogP) is 5.07. The summed E-state index contributed by atoms with van der Waals surface area (Å²) in [5.41, 5.74) is 0.939. The minimum atomic E-state index is -0.279. The van der Waals surface area contributed by atoms with E-state index in [0.29, 0.717) is 5.75 Å². The molecule has 0 aliphatic rings. The molecule has 0 heterocycles. The fourth-order valence-corrected chi connectivity index (χ4v) is 3.03. The molecule has 0 aromatic heterocycles. The second-order valence-electron chi connectivity index (χ2n) is 6.68. The highest BCUT2D eigenvalue weighted by Gasteiger charge is 2.51. The normalized spacial score (nSPS) is 13.8. The van der Waals surface area contributed by atoms with Crippen molar-refractivity contribution in [1.29, 1.82) is 0 Å². The summed E-state index contributed by atoms with van der Waals surface area (Å²) in [5, 5.41) is 10.1. The molecule has 2 heteroatoms. The molecule has 0 atom stereocenters. The fourth-order valence-electron chi connectivity index (χ4n) is 2.70. The zero-order valence-electron chi connectivity index (χ0n) is 11.6. The Kier molecular flexibility index (Phi) is 3.69. The molecule has 0 unspecified atom stereocenters. The zero-order valence-corrected chi connectivity index (χ0v) is 13.2. The van der Waals surface area contributed by atoms with E-state index in [-0.39, 0.29) is 15.2 Å². The van der Waals surface area contributed by atoms with Gasteiger partial charge in [-0.2, -0.15) is 0 Å². The summed E-state index contributed by atoms with van der Waals surface area (Å²) < 4.78 is -0.279. The van der Waals surface area contributed by atoms with E-state index in [1.165, 1.54) is 0 Å². The number of aromatic hydroxyl groups is 1. The van der Waals surface area contributed by atoms with Crippen LogP contribution in [0.25, 0.3) is 0 Å². The molecule has 0 saturated carbocycles. The Bertz CT molecular complexity index is 382. The lowest BCUT2D eigenvalue weighted by atomic mass is 9.63. The molecule has 0 saturated heterocycles. The lowest BCUT2D eigenvalue weighted by Gasteiger charge is -2.50. The quantitative estimate of drug-likeness (QED) is 0.717. The Morgan fingerprint density at radius 1 is 0.882 bits per heavy atom. The summed E-state index contributed by atoms with van der Waals surface area (Å²) in [6, 6.07) is 7.59. The maximum atomic E-state index is 10.1. The Labute approximate surface area is 113 Å². The Hall–Kier alpha value is -0.500. The molecule has 0 radical (unpaired) electrons. The highest BCUT2D eigenvalue weighted by Crippen LogP contribution is 2.59. The minimum Gasteiger partial charge on any atom is -0.508 e. The van der Waals surface area contributed by atoms with Gasteiger partial charge in [0.05, 0.1) is 4.32 Å². The van der Waals surface area contributed by atoms with E-state index in [9.17, 15) is 5.11 Å². The lowest BCUT2D eigenvalue weighted by Crippen LogP contribution is -2.45. The molecule has 1 N–H and O–H groups in total. The predicted molar refractivity (Wildman–Crippen MR) is 77.6 cm³/mol. The van der Waals surface area contributed by atoms with Crippen molar-refractivity contribution in [3.63, 3.8) is 0 Å². The van der Waals surface area contributed by atoms with Crippen LogP contribution in [0.5, 0.6) is 5.75 Å². The van der Waals surface area contributed by atoms with E-state index in [0.717, 1.165) is 5.56 Å². The first-order chi connectivity index (χ1) is 7.52. The van der Waals surface area contributed by atoms with Gasteiger partial charge in [0.25, 0.3) is 0 Å². The van der Waals surface area contributed by atoms with Gasteiger partial charge in [-0.05, 0) is 16.9 Å². The van der Waals surface area contributed by atoms with Crippen LogP contribution in [0.2, 0.25) is 0 Å². The van der Waals surface area contributed by atoms with Crippen LogP contribution < -0.4 is 0 Å². The van der Waals surface area contributed by atoms with Crippen LogP contribution in [0.15, 0.2) is 24.3 Å². The van der Waals surface area contributed by atoms with Crippen molar-refractivity contribution in [2.45, 2.75) is 45.9 Å². The number of alkyl halides is 1. The van der Waals surface area contributed by atoms with Crippen LogP contribution in [0, 0.1) is 10.8 Å². The Morgan fingerprint density at radius 3 is 1.65 bits per heavy atom. The third-order valence-electron chi connectivity index (χ3n) is 3.34. The maximum Gasteiger partial charge on any atom is 0.120 e. The monoisotopic (exact) mass is 298 g/mol. The summed E-state index contributed by atoms with van der Waals surface area (Å²) in [5.74, 6) is 0.356. The minimum absolute atomic E-state index is 0.00984. The van der Waals surface area contributed by atoms with E-state index >= 15 is 0 Å². The maximum absolute atomic E-state index is 10.1. The third kappa shape index (κ3) is 2.37. The molecule has 17 heavy (non-hydrogen) atoms. The number of para-hydroxylation sites is 1. The van der Waals surface area contributed by atoms with Crippen LogP contribution in [0.1, 0.15) is 47.1 Å². The van der Waals surface area contributed by atoms with Crippen molar-refractivity contribution in [3.8, 4) is 5.75 Å². The number of hydrogen-bond acceptors (Lipinski definition) is 1. The number of phenols is 1. The number of rotatable bonds is 1. The van der Waals surface area contributed by atoms with Crippen molar-refractivity contribution in [3.05, 3.63) is 29.8 Å². The van der Waals surface area contributed by atoms with Crippen LogP contribution in [0.4, 0.5) is 0 Å². The molecule has 1 rings (SSSR count). The molecule has 0 spiro atoms. The molecule has 0 amide bonds. The lowest BCUT2D eigenvalue weighted by molar-refractivity contribution is 0.145. The molecule has 0 bridgehead atoms. The first-order valence-corrected chi connectivity index (χ1v) is 6.78. The summed E-state index contributed by atoms with van der Waals surface area (Å²) >= 11 is 3.93.